The summed E-state index contributed by atoms with van der Waals surface area (Å²) in [7, 11) is 1.55. The predicted octanol–water partition coefficient (Wildman–Crippen LogP) is 3.48. The Morgan fingerprint density at radius 3 is 2.48 bits per heavy atom. The fraction of sp³-hybridized carbons (Fsp3) is 0.158. The highest BCUT2D eigenvalue weighted by atomic mass is 16.5. The van der Waals surface area contributed by atoms with Crippen LogP contribution in [0.1, 0.15) is 24.1 Å². The van der Waals surface area contributed by atoms with Gasteiger partial charge in [0.25, 0.3) is 5.91 Å². The molecule has 0 saturated carbocycles. The zero-order valence-corrected chi connectivity index (χ0v) is 13.1. The van der Waals surface area contributed by atoms with E-state index in [0.29, 0.717) is 11.3 Å². The summed E-state index contributed by atoms with van der Waals surface area (Å²) in [6, 6.07) is 18.6. The average molecular weight is 306 g/mol. The Labute approximate surface area is 136 Å². The Kier molecular flexibility index (Phi) is 5.54. The van der Waals surface area contributed by atoms with Crippen LogP contribution in [-0.2, 0) is 4.79 Å². The SMILES string of the molecule is COc1ccccc1/C=C(\C#N)C(=O)N[C@@H](C)c1ccccc1. The van der Waals surface area contributed by atoms with Crippen molar-refractivity contribution in [3.63, 3.8) is 0 Å². The summed E-state index contributed by atoms with van der Waals surface area (Å²) in [6.07, 6.45) is 1.53. The van der Waals surface area contributed by atoms with Crippen molar-refractivity contribution >= 4 is 12.0 Å². The minimum absolute atomic E-state index is 0.0391. The number of hydrogen-bond donors (Lipinski definition) is 1. The molecule has 4 nitrogen and oxygen atoms in total. The molecule has 2 aromatic carbocycles. The van der Waals surface area contributed by atoms with Crippen LogP contribution in [0.4, 0.5) is 0 Å². The maximum absolute atomic E-state index is 12.3. The molecule has 0 aliphatic heterocycles. The molecule has 0 aliphatic carbocycles. The van der Waals surface area contributed by atoms with Gasteiger partial charge in [-0.25, -0.2) is 0 Å². The lowest BCUT2D eigenvalue weighted by molar-refractivity contribution is -0.117. The number of nitrogens with one attached hydrogen (secondary N) is 1. The van der Waals surface area contributed by atoms with E-state index in [2.05, 4.69) is 5.32 Å². The lowest BCUT2D eigenvalue weighted by Crippen LogP contribution is -2.27. The molecular weight excluding hydrogens is 288 g/mol. The van der Waals surface area contributed by atoms with E-state index in [4.69, 9.17) is 4.74 Å². The number of nitriles is 1. The fourth-order valence-corrected chi connectivity index (χ4v) is 2.19. The molecule has 0 aliphatic rings. The van der Waals surface area contributed by atoms with E-state index in [-0.39, 0.29) is 11.6 Å². The van der Waals surface area contributed by atoms with Gasteiger partial charge in [0.2, 0.25) is 0 Å². The molecule has 23 heavy (non-hydrogen) atoms. The van der Waals surface area contributed by atoms with E-state index in [0.717, 1.165) is 5.56 Å². The summed E-state index contributed by atoms with van der Waals surface area (Å²) < 4.78 is 5.24. The second kappa shape index (κ2) is 7.81. The maximum atomic E-state index is 12.3. The molecule has 0 aromatic heterocycles. The van der Waals surface area contributed by atoms with Crippen molar-refractivity contribution in [2.45, 2.75) is 13.0 Å². The lowest BCUT2D eigenvalue weighted by atomic mass is 10.1. The van der Waals surface area contributed by atoms with Gasteiger partial charge in [0.1, 0.15) is 17.4 Å². The third-order valence-electron chi connectivity index (χ3n) is 3.45. The number of benzene rings is 2. The first-order chi connectivity index (χ1) is 11.2. The van der Waals surface area contributed by atoms with Crippen LogP contribution in [0, 0.1) is 11.3 Å². The van der Waals surface area contributed by atoms with Gasteiger partial charge in [-0.1, -0.05) is 48.5 Å². The Bertz CT molecular complexity index is 745. The molecule has 0 fully saturated rings. The van der Waals surface area contributed by atoms with Crippen LogP contribution < -0.4 is 10.1 Å². The first kappa shape index (κ1) is 16.3. The Morgan fingerprint density at radius 2 is 1.83 bits per heavy atom. The summed E-state index contributed by atoms with van der Waals surface area (Å²) >= 11 is 0. The number of nitrogens with zero attached hydrogens (tertiary/aromatic N) is 1. The third-order valence-corrected chi connectivity index (χ3v) is 3.45. The molecule has 1 amide bonds. The van der Waals surface area contributed by atoms with Crippen LogP contribution in [0.15, 0.2) is 60.2 Å². The second-order valence-electron chi connectivity index (χ2n) is 5.02. The fourth-order valence-electron chi connectivity index (χ4n) is 2.19. The van der Waals surface area contributed by atoms with Gasteiger partial charge in [0, 0.05) is 5.56 Å². The first-order valence-corrected chi connectivity index (χ1v) is 7.26. The summed E-state index contributed by atoms with van der Waals surface area (Å²) in [5.74, 6) is 0.207. The normalized spacial score (nSPS) is 12.1. The van der Waals surface area contributed by atoms with Gasteiger partial charge in [0.15, 0.2) is 0 Å². The van der Waals surface area contributed by atoms with Crippen LogP contribution >= 0.6 is 0 Å². The monoisotopic (exact) mass is 306 g/mol. The van der Waals surface area contributed by atoms with Crippen molar-refractivity contribution in [3.05, 3.63) is 71.3 Å². The van der Waals surface area contributed by atoms with Crippen LogP contribution in [0.25, 0.3) is 6.08 Å². The minimum atomic E-state index is -0.408. The number of rotatable bonds is 5. The van der Waals surface area contributed by atoms with Crippen LogP contribution in [0.2, 0.25) is 0 Å². The van der Waals surface area contributed by atoms with Gasteiger partial charge in [0.05, 0.1) is 13.2 Å². The molecule has 0 bridgehead atoms. The molecule has 0 radical (unpaired) electrons. The molecule has 2 aromatic rings. The average Bonchev–Trinajstić information content (AvgIpc) is 2.60. The van der Waals surface area contributed by atoms with Crippen LogP contribution in [-0.4, -0.2) is 13.0 Å². The molecule has 0 spiro atoms. The maximum Gasteiger partial charge on any atom is 0.262 e. The van der Waals surface area contributed by atoms with Crippen molar-refractivity contribution in [3.8, 4) is 11.8 Å². The molecule has 0 unspecified atom stereocenters. The molecule has 116 valence electrons. The highest BCUT2D eigenvalue weighted by molar-refractivity contribution is 6.02. The van der Waals surface area contributed by atoms with Gasteiger partial charge >= 0.3 is 0 Å². The molecule has 1 N–H and O–H groups in total. The van der Waals surface area contributed by atoms with Crippen molar-refractivity contribution < 1.29 is 9.53 Å². The van der Waals surface area contributed by atoms with E-state index in [1.807, 2.05) is 55.5 Å². The Balaban J connectivity index is 2.19. The zero-order valence-electron chi connectivity index (χ0n) is 13.1. The van der Waals surface area contributed by atoms with Gasteiger partial charge < -0.3 is 10.1 Å². The Hall–Kier alpha value is -3.06. The molecule has 2 rings (SSSR count). The topological polar surface area (TPSA) is 62.1 Å². The molecule has 0 heterocycles. The van der Waals surface area contributed by atoms with Crippen LogP contribution in [0.3, 0.4) is 0 Å². The smallest absolute Gasteiger partial charge is 0.262 e. The van der Waals surface area contributed by atoms with Gasteiger partial charge in [-0.05, 0) is 24.6 Å². The molecule has 0 saturated heterocycles. The highest BCUT2D eigenvalue weighted by Gasteiger charge is 2.14. The molecule has 4 heteroatoms. The number of amides is 1. The molecular formula is C19H18N2O2. The standard InChI is InChI=1S/C19H18N2O2/c1-14(15-8-4-3-5-9-15)21-19(22)17(13-20)12-16-10-6-7-11-18(16)23-2/h3-12,14H,1-2H3,(H,21,22)/b17-12+/t14-/m0/s1. The number of methoxy groups -OCH3 is 1. The van der Waals surface area contributed by atoms with E-state index in [1.54, 1.807) is 19.2 Å². The minimum Gasteiger partial charge on any atom is -0.496 e. The summed E-state index contributed by atoms with van der Waals surface area (Å²) in [4.78, 5) is 12.3. The van der Waals surface area contributed by atoms with E-state index < -0.39 is 5.91 Å². The summed E-state index contributed by atoms with van der Waals surface area (Å²) in [6.45, 7) is 1.88. The van der Waals surface area contributed by atoms with Crippen molar-refractivity contribution in [2.75, 3.05) is 7.11 Å². The van der Waals surface area contributed by atoms with Crippen molar-refractivity contribution in [1.29, 1.82) is 5.26 Å². The quantitative estimate of drug-likeness (QED) is 0.679. The van der Waals surface area contributed by atoms with E-state index >= 15 is 0 Å². The number of para-hydroxylation sites is 1. The third kappa shape index (κ3) is 4.21. The van der Waals surface area contributed by atoms with Crippen molar-refractivity contribution in [1.82, 2.24) is 5.32 Å². The first-order valence-electron chi connectivity index (χ1n) is 7.26. The van der Waals surface area contributed by atoms with Gasteiger partial charge in [-0.2, -0.15) is 5.26 Å². The van der Waals surface area contributed by atoms with Gasteiger partial charge in [-0.3, -0.25) is 4.79 Å². The van der Waals surface area contributed by atoms with E-state index in [1.165, 1.54) is 6.08 Å². The largest absolute Gasteiger partial charge is 0.496 e. The van der Waals surface area contributed by atoms with Gasteiger partial charge in [-0.15, -0.1) is 0 Å². The van der Waals surface area contributed by atoms with E-state index in [9.17, 15) is 10.1 Å². The lowest BCUT2D eigenvalue weighted by Gasteiger charge is -2.14. The van der Waals surface area contributed by atoms with Crippen LogP contribution in [0.5, 0.6) is 5.75 Å². The number of carbonyl (C=O) groups is 1. The summed E-state index contributed by atoms with van der Waals surface area (Å²) in [5, 5.41) is 12.1. The number of ether oxygens (including phenoxy) is 1. The Morgan fingerprint density at radius 1 is 1.17 bits per heavy atom. The zero-order chi connectivity index (χ0) is 16.7. The predicted molar refractivity (Wildman–Crippen MR) is 89.6 cm³/mol. The summed E-state index contributed by atoms with van der Waals surface area (Å²) in [5.41, 5.74) is 1.71. The molecule has 1 atom stereocenters. The van der Waals surface area contributed by atoms with Crippen molar-refractivity contribution in [2.24, 2.45) is 0 Å². The highest BCUT2D eigenvalue weighted by Crippen LogP contribution is 2.20. The second-order valence-corrected chi connectivity index (χ2v) is 5.02. The number of hydrogen-bond acceptors (Lipinski definition) is 3. The number of carbonyl (C=O) groups excluding carboxylic acids is 1.